The number of hydrogen-bond acceptors (Lipinski definition) is 5. The Labute approximate surface area is 120 Å². The van der Waals surface area contributed by atoms with Crippen LogP contribution in [0.5, 0.6) is 0 Å². The number of rotatable bonds is 3. The lowest BCUT2D eigenvalue weighted by Crippen LogP contribution is -2.07. The van der Waals surface area contributed by atoms with Crippen LogP contribution >= 0.6 is 11.3 Å². The fourth-order valence-electron chi connectivity index (χ4n) is 2.03. The standard InChI is InChI=1S/C15H13N3OS/c1-9(16)15-18-12(8-20-15)14(19)11-6-2-4-10-5-3-7-17-13(10)11/h2-9H,16H2,1H3. The molecular weight excluding hydrogens is 270 g/mol. The third-order valence-corrected chi connectivity index (χ3v) is 4.07. The average Bonchev–Trinajstić information content (AvgIpc) is 2.96. The maximum atomic E-state index is 12.6. The second-order valence-corrected chi connectivity index (χ2v) is 5.46. The highest BCUT2D eigenvalue weighted by Crippen LogP contribution is 2.22. The Bertz CT molecular complexity index is 774. The molecule has 4 nitrogen and oxygen atoms in total. The highest BCUT2D eigenvalue weighted by atomic mass is 32.1. The second kappa shape index (κ2) is 5.11. The van der Waals surface area contributed by atoms with E-state index in [1.807, 2.05) is 31.2 Å². The molecule has 0 aliphatic rings. The van der Waals surface area contributed by atoms with Crippen LogP contribution in [0, 0.1) is 0 Å². The first kappa shape index (κ1) is 12.9. The van der Waals surface area contributed by atoms with Crippen molar-refractivity contribution in [2.75, 3.05) is 0 Å². The summed E-state index contributed by atoms with van der Waals surface area (Å²) in [6.07, 6.45) is 1.69. The normalized spacial score (nSPS) is 12.5. The van der Waals surface area contributed by atoms with Crippen LogP contribution in [0.2, 0.25) is 0 Å². The second-order valence-electron chi connectivity index (χ2n) is 4.57. The zero-order valence-electron chi connectivity index (χ0n) is 10.9. The largest absolute Gasteiger partial charge is 0.322 e. The molecule has 1 aromatic carbocycles. The zero-order chi connectivity index (χ0) is 14.1. The molecule has 0 aliphatic heterocycles. The molecule has 0 bridgehead atoms. The monoisotopic (exact) mass is 283 g/mol. The first-order valence-corrected chi connectivity index (χ1v) is 7.14. The molecule has 2 N–H and O–H groups in total. The van der Waals surface area contributed by atoms with Gasteiger partial charge in [0.25, 0.3) is 0 Å². The number of para-hydroxylation sites is 1. The van der Waals surface area contributed by atoms with Crippen molar-refractivity contribution in [1.29, 1.82) is 0 Å². The van der Waals surface area contributed by atoms with E-state index in [4.69, 9.17) is 5.73 Å². The predicted octanol–water partition coefficient (Wildman–Crippen LogP) is 2.94. The maximum absolute atomic E-state index is 12.6. The number of carbonyl (C=O) groups is 1. The SMILES string of the molecule is CC(N)c1nc(C(=O)c2cccc3cccnc23)cs1. The number of hydrogen-bond donors (Lipinski definition) is 1. The van der Waals surface area contributed by atoms with Crippen LogP contribution in [0.4, 0.5) is 0 Å². The molecule has 0 fully saturated rings. The Kier molecular flexibility index (Phi) is 3.30. The Morgan fingerprint density at radius 3 is 2.85 bits per heavy atom. The van der Waals surface area contributed by atoms with Gasteiger partial charge in [0, 0.05) is 17.0 Å². The number of thiazole rings is 1. The molecule has 2 heterocycles. The molecular formula is C15H13N3OS. The number of pyridine rings is 1. The van der Waals surface area contributed by atoms with Gasteiger partial charge in [-0.25, -0.2) is 4.98 Å². The fourth-order valence-corrected chi connectivity index (χ4v) is 2.78. The van der Waals surface area contributed by atoms with Crippen LogP contribution < -0.4 is 5.73 Å². The number of carbonyl (C=O) groups excluding carboxylic acids is 1. The number of benzene rings is 1. The van der Waals surface area contributed by atoms with Gasteiger partial charge in [-0.1, -0.05) is 18.2 Å². The Hall–Kier alpha value is -2.11. The van der Waals surface area contributed by atoms with Crippen LogP contribution in [0.3, 0.4) is 0 Å². The van der Waals surface area contributed by atoms with E-state index in [2.05, 4.69) is 9.97 Å². The summed E-state index contributed by atoms with van der Waals surface area (Å²) >= 11 is 1.41. The third kappa shape index (κ3) is 2.21. The summed E-state index contributed by atoms with van der Waals surface area (Å²) < 4.78 is 0. The average molecular weight is 283 g/mol. The topological polar surface area (TPSA) is 68.9 Å². The summed E-state index contributed by atoms with van der Waals surface area (Å²) in [4.78, 5) is 21.2. The Balaban J connectivity index is 2.08. The number of nitrogens with two attached hydrogens (primary N) is 1. The van der Waals surface area contributed by atoms with Gasteiger partial charge in [0.05, 0.1) is 17.1 Å². The predicted molar refractivity (Wildman–Crippen MR) is 79.9 cm³/mol. The molecule has 5 heteroatoms. The van der Waals surface area contributed by atoms with Crippen LogP contribution in [-0.4, -0.2) is 15.8 Å². The third-order valence-electron chi connectivity index (χ3n) is 3.02. The molecule has 2 aromatic heterocycles. The number of nitrogens with zero attached hydrogens (tertiary/aromatic N) is 2. The Morgan fingerprint density at radius 1 is 1.30 bits per heavy atom. The summed E-state index contributed by atoms with van der Waals surface area (Å²) in [5, 5.41) is 3.46. The van der Waals surface area contributed by atoms with Crippen molar-refractivity contribution in [3.8, 4) is 0 Å². The molecule has 0 saturated heterocycles. The lowest BCUT2D eigenvalue weighted by Gasteiger charge is -2.03. The van der Waals surface area contributed by atoms with E-state index in [0.29, 0.717) is 16.8 Å². The van der Waals surface area contributed by atoms with Crippen molar-refractivity contribution < 1.29 is 4.79 Å². The number of ketones is 1. The van der Waals surface area contributed by atoms with Crippen molar-refractivity contribution in [2.24, 2.45) is 5.73 Å². The first-order valence-electron chi connectivity index (χ1n) is 6.26. The van der Waals surface area contributed by atoms with E-state index in [1.165, 1.54) is 11.3 Å². The van der Waals surface area contributed by atoms with E-state index in [0.717, 1.165) is 10.4 Å². The molecule has 1 atom stereocenters. The zero-order valence-corrected chi connectivity index (χ0v) is 11.7. The van der Waals surface area contributed by atoms with Gasteiger partial charge in [-0.2, -0.15) is 0 Å². The van der Waals surface area contributed by atoms with Crippen LogP contribution in [0.25, 0.3) is 10.9 Å². The lowest BCUT2D eigenvalue weighted by molar-refractivity contribution is 0.103. The van der Waals surface area contributed by atoms with Gasteiger partial charge >= 0.3 is 0 Å². The lowest BCUT2D eigenvalue weighted by atomic mass is 10.0. The van der Waals surface area contributed by atoms with Crippen molar-refractivity contribution in [3.05, 3.63) is 58.2 Å². The van der Waals surface area contributed by atoms with Gasteiger partial charge in [0.2, 0.25) is 5.78 Å². The summed E-state index contributed by atoms with van der Waals surface area (Å²) in [6.45, 7) is 1.85. The maximum Gasteiger partial charge on any atom is 0.214 e. The van der Waals surface area contributed by atoms with E-state index in [1.54, 1.807) is 17.6 Å². The number of aromatic nitrogens is 2. The molecule has 0 aliphatic carbocycles. The minimum absolute atomic E-state index is 0.113. The molecule has 0 spiro atoms. The van der Waals surface area contributed by atoms with Crippen molar-refractivity contribution in [3.63, 3.8) is 0 Å². The molecule has 20 heavy (non-hydrogen) atoms. The summed E-state index contributed by atoms with van der Waals surface area (Å²) in [5.74, 6) is -0.113. The molecule has 0 saturated carbocycles. The summed E-state index contributed by atoms with van der Waals surface area (Å²) in [5.41, 5.74) is 7.49. The van der Waals surface area contributed by atoms with Crippen molar-refractivity contribution in [2.45, 2.75) is 13.0 Å². The molecule has 1 unspecified atom stereocenters. The van der Waals surface area contributed by atoms with Crippen molar-refractivity contribution >= 4 is 28.0 Å². The Morgan fingerprint density at radius 2 is 2.10 bits per heavy atom. The van der Waals surface area contributed by atoms with Gasteiger partial charge in [-0.15, -0.1) is 11.3 Å². The quantitative estimate of drug-likeness (QED) is 0.750. The van der Waals surface area contributed by atoms with E-state index < -0.39 is 0 Å². The highest BCUT2D eigenvalue weighted by molar-refractivity contribution is 7.09. The van der Waals surface area contributed by atoms with Crippen LogP contribution in [-0.2, 0) is 0 Å². The molecule has 3 aromatic rings. The van der Waals surface area contributed by atoms with Gasteiger partial charge in [-0.05, 0) is 19.1 Å². The van der Waals surface area contributed by atoms with Gasteiger partial charge in [-0.3, -0.25) is 9.78 Å². The summed E-state index contributed by atoms with van der Waals surface area (Å²) in [7, 11) is 0. The van der Waals surface area contributed by atoms with E-state index in [9.17, 15) is 4.79 Å². The number of fused-ring (bicyclic) bond motifs is 1. The van der Waals surface area contributed by atoms with Crippen molar-refractivity contribution in [1.82, 2.24) is 9.97 Å². The molecule has 3 rings (SSSR count). The smallest absolute Gasteiger partial charge is 0.214 e. The highest BCUT2D eigenvalue weighted by Gasteiger charge is 2.17. The minimum atomic E-state index is -0.160. The molecule has 100 valence electrons. The minimum Gasteiger partial charge on any atom is -0.322 e. The van der Waals surface area contributed by atoms with Gasteiger partial charge < -0.3 is 5.73 Å². The first-order chi connectivity index (χ1) is 9.66. The van der Waals surface area contributed by atoms with Gasteiger partial charge in [0.15, 0.2) is 0 Å². The fraction of sp³-hybridized carbons (Fsp3) is 0.133. The molecule has 0 amide bonds. The van der Waals surface area contributed by atoms with Crippen LogP contribution in [0.1, 0.15) is 34.0 Å². The van der Waals surface area contributed by atoms with E-state index in [-0.39, 0.29) is 11.8 Å². The summed E-state index contributed by atoms with van der Waals surface area (Å²) in [6, 6.07) is 9.21. The van der Waals surface area contributed by atoms with Gasteiger partial charge in [0.1, 0.15) is 10.7 Å². The van der Waals surface area contributed by atoms with Crippen LogP contribution in [0.15, 0.2) is 41.9 Å². The van der Waals surface area contributed by atoms with E-state index >= 15 is 0 Å². The molecule has 0 radical (unpaired) electrons.